The minimum Gasteiger partial charge on any atom is -0.198 e. The van der Waals surface area contributed by atoms with Crippen LogP contribution in [0.3, 0.4) is 0 Å². The number of hydrogen-bond donors (Lipinski definition) is 0. The second-order valence-corrected chi connectivity index (χ2v) is 8.62. The van der Waals surface area contributed by atoms with E-state index < -0.39 is 7.26 Å². The third kappa shape index (κ3) is 2.54. The van der Waals surface area contributed by atoms with Crippen molar-refractivity contribution in [3.05, 3.63) is 91.0 Å². The van der Waals surface area contributed by atoms with Crippen LogP contribution in [-0.2, 0) is 0 Å². The van der Waals surface area contributed by atoms with Crippen LogP contribution in [0.5, 0.6) is 0 Å². The molecule has 0 heterocycles. The highest BCUT2D eigenvalue weighted by Crippen LogP contribution is 2.54. The summed E-state index contributed by atoms with van der Waals surface area (Å²) in [4.78, 5) is 0. The maximum Gasteiger partial charge on any atom is 0.0675 e. The predicted molar refractivity (Wildman–Crippen MR) is 95.6 cm³/mol. The Labute approximate surface area is 132 Å². The molecule has 0 spiro atoms. The van der Waals surface area contributed by atoms with E-state index in [1.165, 1.54) is 15.9 Å². The normalized spacial score (nSPS) is 10.9. The summed E-state index contributed by atoms with van der Waals surface area (Å²) in [5, 5.41) is 13.3. The van der Waals surface area contributed by atoms with Crippen molar-refractivity contribution in [2.24, 2.45) is 0 Å². The molecule has 0 N–H and O–H groups in total. The van der Waals surface area contributed by atoms with E-state index in [-0.39, 0.29) is 0 Å². The Bertz CT molecular complexity index is 664. The van der Waals surface area contributed by atoms with E-state index in [0.717, 1.165) is 0 Å². The van der Waals surface area contributed by atoms with Crippen LogP contribution in [0.4, 0.5) is 0 Å². The maximum absolute atomic E-state index is 9.56. The smallest absolute Gasteiger partial charge is 0.0675 e. The number of nitriles is 1. The Morgan fingerprint density at radius 3 is 1.18 bits per heavy atom. The Morgan fingerprint density at radius 2 is 0.909 bits per heavy atom. The summed E-state index contributed by atoms with van der Waals surface area (Å²) in [5.41, 5.74) is 0. The molecule has 0 aliphatic rings. The lowest BCUT2D eigenvalue weighted by molar-refractivity contribution is 1.48. The zero-order valence-corrected chi connectivity index (χ0v) is 13.2. The summed E-state index contributed by atoms with van der Waals surface area (Å²) in [6.45, 7) is 0. The first-order valence-electron chi connectivity index (χ1n) is 7.30. The third-order valence-electron chi connectivity index (χ3n) is 3.90. The molecule has 0 aliphatic carbocycles. The second kappa shape index (κ2) is 6.56. The van der Waals surface area contributed by atoms with Crippen molar-refractivity contribution in [3.63, 3.8) is 0 Å². The fourth-order valence-corrected chi connectivity index (χ4v) is 6.57. The first-order valence-corrected chi connectivity index (χ1v) is 9.27. The van der Waals surface area contributed by atoms with Crippen LogP contribution < -0.4 is 15.9 Å². The molecule has 0 saturated heterocycles. The summed E-state index contributed by atoms with van der Waals surface area (Å²) in [6.07, 6.45) is 0.519. The minimum atomic E-state index is -1.91. The van der Waals surface area contributed by atoms with Gasteiger partial charge in [-0.2, -0.15) is 5.26 Å². The van der Waals surface area contributed by atoms with Gasteiger partial charge in [0.2, 0.25) is 0 Å². The largest absolute Gasteiger partial charge is 0.198 e. The van der Waals surface area contributed by atoms with Crippen LogP contribution in [-0.4, -0.2) is 6.16 Å². The van der Waals surface area contributed by atoms with Crippen molar-refractivity contribution < 1.29 is 0 Å². The van der Waals surface area contributed by atoms with Crippen LogP contribution in [0.15, 0.2) is 91.0 Å². The van der Waals surface area contributed by atoms with Crippen LogP contribution in [0, 0.1) is 11.3 Å². The first-order chi connectivity index (χ1) is 10.9. The highest BCUT2D eigenvalue weighted by molar-refractivity contribution is 7.95. The van der Waals surface area contributed by atoms with Gasteiger partial charge in [-0.1, -0.05) is 91.0 Å². The van der Waals surface area contributed by atoms with Crippen molar-refractivity contribution in [2.45, 2.75) is 0 Å². The van der Waals surface area contributed by atoms with E-state index in [4.69, 9.17) is 0 Å². The fourth-order valence-electron chi connectivity index (χ4n) is 2.87. The van der Waals surface area contributed by atoms with Crippen molar-refractivity contribution in [1.29, 1.82) is 5.26 Å². The van der Waals surface area contributed by atoms with E-state index in [1.54, 1.807) is 0 Å². The van der Waals surface area contributed by atoms with Crippen molar-refractivity contribution in [3.8, 4) is 6.07 Å². The average Bonchev–Trinajstić information content (AvgIpc) is 2.62. The molecule has 0 aliphatic heterocycles. The summed E-state index contributed by atoms with van der Waals surface area (Å²) in [6, 6.07) is 33.9. The van der Waals surface area contributed by atoms with Crippen LogP contribution >= 0.6 is 7.26 Å². The molecule has 3 aromatic rings. The molecule has 3 rings (SSSR count). The second-order valence-electron chi connectivity index (χ2n) is 5.13. The summed E-state index contributed by atoms with van der Waals surface area (Å²) >= 11 is 0. The van der Waals surface area contributed by atoms with E-state index in [1.807, 2.05) is 18.2 Å². The monoisotopic (exact) mass is 302 g/mol. The molecule has 0 bridgehead atoms. The Hall–Kier alpha value is -2.42. The Morgan fingerprint density at radius 1 is 0.591 bits per heavy atom. The molecule has 0 unspecified atom stereocenters. The lowest BCUT2D eigenvalue weighted by atomic mass is 10.4. The van der Waals surface area contributed by atoms with Gasteiger partial charge in [-0.25, -0.2) is 0 Å². The molecule has 0 aromatic heterocycles. The van der Waals surface area contributed by atoms with Gasteiger partial charge < -0.3 is 0 Å². The third-order valence-corrected chi connectivity index (χ3v) is 8.05. The summed E-state index contributed by atoms with van der Waals surface area (Å²) < 4.78 is 0. The van der Waals surface area contributed by atoms with E-state index in [9.17, 15) is 5.26 Å². The molecule has 2 heteroatoms. The zero-order valence-electron chi connectivity index (χ0n) is 12.3. The molecular weight excluding hydrogens is 285 g/mol. The molecular formula is C20H17NP. The molecule has 0 fully saturated rings. The van der Waals surface area contributed by atoms with E-state index in [2.05, 4.69) is 78.9 Å². The van der Waals surface area contributed by atoms with Gasteiger partial charge in [0.1, 0.15) is 0 Å². The predicted octanol–water partition coefficient (Wildman–Crippen LogP) is 3.50. The quantitative estimate of drug-likeness (QED) is 0.677. The van der Waals surface area contributed by atoms with Crippen LogP contribution in [0.25, 0.3) is 0 Å². The van der Waals surface area contributed by atoms with Crippen molar-refractivity contribution >= 4 is 23.2 Å². The van der Waals surface area contributed by atoms with Gasteiger partial charge in [0.15, 0.2) is 0 Å². The molecule has 107 valence electrons. The number of rotatable bonds is 4. The first kappa shape index (κ1) is 14.5. The number of nitrogens with zero attached hydrogens (tertiary/aromatic N) is 1. The summed E-state index contributed by atoms with van der Waals surface area (Å²) in [7, 11) is -1.91. The average molecular weight is 302 g/mol. The standard InChI is InChI=1S/C20H17NP/c21-16-17-22(18-10-4-1-5-11-18,19-12-6-2-7-13-19)20-14-8-3-9-15-20/h1-15H,17H2. The highest BCUT2D eigenvalue weighted by Gasteiger charge is 2.33. The van der Waals surface area contributed by atoms with Gasteiger partial charge in [0.25, 0.3) is 0 Å². The SMILES string of the molecule is N#CC[P](c1ccccc1)(c1ccccc1)c1ccccc1. The summed E-state index contributed by atoms with van der Waals surface area (Å²) in [5.74, 6) is 0. The molecule has 3 aromatic carbocycles. The number of benzene rings is 3. The molecule has 0 saturated carbocycles. The van der Waals surface area contributed by atoms with Gasteiger partial charge in [-0.15, -0.1) is 0 Å². The lowest BCUT2D eigenvalue weighted by Gasteiger charge is -2.36. The fraction of sp³-hybridized carbons (Fsp3) is 0.0500. The van der Waals surface area contributed by atoms with Gasteiger partial charge in [0.05, 0.1) is 12.2 Å². The van der Waals surface area contributed by atoms with Crippen LogP contribution in [0.2, 0.25) is 0 Å². The maximum atomic E-state index is 9.56. The van der Waals surface area contributed by atoms with Gasteiger partial charge in [0, 0.05) is 0 Å². The minimum absolute atomic E-state index is 0.519. The zero-order chi connectivity index (χ0) is 15.3. The van der Waals surface area contributed by atoms with Gasteiger partial charge in [-0.05, 0) is 23.2 Å². The van der Waals surface area contributed by atoms with Crippen molar-refractivity contribution in [1.82, 2.24) is 0 Å². The highest BCUT2D eigenvalue weighted by atomic mass is 31.2. The molecule has 22 heavy (non-hydrogen) atoms. The van der Waals surface area contributed by atoms with E-state index in [0.29, 0.717) is 6.16 Å². The molecule has 1 nitrogen and oxygen atoms in total. The van der Waals surface area contributed by atoms with Crippen molar-refractivity contribution in [2.75, 3.05) is 6.16 Å². The Balaban J connectivity index is 2.32. The molecule has 1 radical (unpaired) electrons. The van der Waals surface area contributed by atoms with Gasteiger partial charge >= 0.3 is 0 Å². The lowest BCUT2D eigenvalue weighted by Crippen LogP contribution is -2.32. The molecule has 0 amide bonds. The Kier molecular flexibility index (Phi) is 4.33. The topological polar surface area (TPSA) is 23.8 Å². The molecule has 0 atom stereocenters. The number of hydrogen-bond acceptors (Lipinski definition) is 1. The van der Waals surface area contributed by atoms with Crippen LogP contribution in [0.1, 0.15) is 0 Å². The van der Waals surface area contributed by atoms with E-state index >= 15 is 0 Å². The van der Waals surface area contributed by atoms with Gasteiger partial charge in [-0.3, -0.25) is 0 Å².